The van der Waals surface area contributed by atoms with Gasteiger partial charge in [0.05, 0.1) is 0 Å². The number of halogens is 1. The largest absolute Gasteiger partial charge is 0.307 e. The first kappa shape index (κ1) is 7.09. The fourth-order valence-corrected chi connectivity index (χ4v) is 1.58. The van der Waals surface area contributed by atoms with Crippen molar-refractivity contribution in [2.45, 2.75) is 6.92 Å². The minimum atomic E-state index is 1.04. The lowest BCUT2D eigenvalue weighted by Gasteiger charge is -1.92. The molecule has 0 fully saturated rings. The van der Waals surface area contributed by atoms with E-state index in [-0.39, 0.29) is 0 Å². The van der Waals surface area contributed by atoms with E-state index in [1.54, 1.807) is 0 Å². The van der Waals surface area contributed by atoms with E-state index in [4.69, 9.17) is 0 Å². The van der Waals surface area contributed by atoms with Gasteiger partial charge in [0.25, 0.3) is 0 Å². The van der Waals surface area contributed by atoms with Gasteiger partial charge in [0.2, 0.25) is 0 Å². The van der Waals surface area contributed by atoms with Crippen LogP contribution < -0.4 is 0 Å². The molecule has 2 rings (SSSR count). The average molecular weight is 258 g/mol. The number of fused-ring (bicyclic) bond motifs is 1. The highest BCUT2D eigenvalue weighted by molar-refractivity contribution is 14.1. The monoisotopic (exact) mass is 258 g/mol. The van der Waals surface area contributed by atoms with Crippen molar-refractivity contribution in [1.82, 2.24) is 9.38 Å². The average Bonchev–Trinajstić information content (AvgIpc) is 2.27. The van der Waals surface area contributed by atoms with Crippen LogP contribution in [0.25, 0.3) is 5.52 Å². The first-order valence-corrected chi connectivity index (χ1v) is 4.43. The van der Waals surface area contributed by atoms with E-state index in [9.17, 15) is 0 Å². The van der Waals surface area contributed by atoms with Gasteiger partial charge in [0.1, 0.15) is 10.0 Å². The lowest BCUT2D eigenvalue weighted by atomic mass is 10.4. The number of aryl methyl sites for hydroxylation is 1. The summed E-state index contributed by atoms with van der Waals surface area (Å²) in [7, 11) is 0. The van der Waals surface area contributed by atoms with Crippen molar-refractivity contribution >= 4 is 28.1 Å². The zero-order valence-electron chi connectivity index (χ0n) is 6.08. The van der Waals surface area contributed by atoms with E-state index in [2.05, 4.69) is 52.8 Å². The molecule has 0 saturated heterocycles. The number of hydrogen-bond donors (Lipinski definition) is 0. The number of aromatic nitrogens is 2. The Labute approximate surface area is 78.4 Å². The number of rotatable bonds is 0. The first-order chi connectivity index (χ1) is 5.25. The quantitative estimate of drug-likeness (QED) is 0.523. The molecule has 0 amide bonds. The predicted octanol–water partition coefficient (Wildman–Crippen LogP) is 2.25. The summed E-state index contributed by atoms with van der Waals surface area (Å²) in [4.78, 5) is 4.17. The Kier molecular flexibility index (Phi) is 1.60. The van der Waals surface area contributed by atoms with Crippen LogP contribution in [0, 0.1) is 10.6 Å². The fraction of sp³-hybridized carbons (Fsp3) is 0.125. The number of nitrogens with zero attached hydrogens (tertiary/aromatic N) is 2. The van der Waals surface area contributed by atoms with Gasteiger partial charge in [-0.05, 0) is 47.2 Å². The summed E-state index contributed by atoms with van der Waals surface area (Å²) in [6.07, 6.45) is 3.91. The van der Waals surface area contributed by atoms with Gasteiger partial charge in [0, 0.05) is 11.7 Å². The normalized spacial score (nSPS) is 10.7. The third-order valence-electron chi connectivity index (χ3n) is 1.59. The highest BCUT2D eigenvalue weighted by Crippen LogP contribution is 2.10. The number of hydrogen-bond acceptors (Lipinski definition) is 1. The van der Waals surface area contributed by atoms with E-state index in [0.717, 1.165) is 3.70 Å². The molecule has 0 unspecified atom stereocenters. The second-order valence-electron chi connectivity index (χ2n) is 2.56. The van der Waals surface area contributed by atoms with Crippen LogP contribution in [-0.2, 0) is 0 Å². The molecule has 2 aromatic rings. The van der Waals surface area contributed by atoms with Crippen molar-refractivity contribution in [3.8, 4) is 0 Å². The zero-order chi connectivity index (χ0) is 7.84. The molecular weight excluding hydrogens is 251 g/mol. The van der Waals surface area contributed by atoms with Crippen molar-refractivity contribution in [3.05, 3.63) is 33.9 Å². The van der Waals surface area contributed by atoms with Gasteiger partial charge in [0.15, 0.2) is 0 Å². The maximum absolute atomic E-state index is 4.17. The molecule has 0 radical (unpaired) electrons. The van der Waals surface area contributed by atoms with Gasteiger partial charge in [-0.3, -0.25) is 0 Å². The molecular formula is C8H7IN2. The van der Waals surface area contributed by atoms with Gasteiger partial charge in [-0.25, -0.2) is 4.98 Å². The van der Waals surface area contributed by atoms with Crippen molar-refractivity contribution in [3.63, 3.8) is 0 Å². The maximum Gasteiger partial charge on any atom is 0.105 e. The van der Waals surface area contributed by atoms with Gasteiger partial charge >= 0.3 is 0 Å². The second kappa shape index (κ2) is 2.48. The molecule has 0 aromatic carbocycles. The Morgan fingerprint density at radius 2 is 2.27 bits per heavy atom. The molecule has 0 aliphatic heterocycles. The summed E-state index contributed by atoms with van der Waals surface area (Å²) < 4.78 is 3.06. The van der Waals surface area contributed by atoms with E-state index in [0.29, 0.717) is 0 Å². The molecule has 0 N–H and O–H groups in total. The van der Waals surface area contributed by atoms with Crippen LogP contribution in [-0.4, -0.2) is 9.38 Å². The standard InChI is InChI=1S/C8H7IN2/c1-6-2-7-3-8(9)10-5-11(7)4-6/h2-5H,1H3. The molecule has 2 heterocycles. The summed E-state index contributed by atoms with van der Waals surface area (Å²) in [5.41, 5.74) is 2.48. The van der Waals surface area contributed by atoms with E-state index in [1.165, 1.54) is 11.1 Å². The molecule has 56 valence electrons. The zero-order valence-corrected chi connectivity index (χ0v) is 8.24. The molecule has 0 aliphatic rings. The second-order valence-corrected chi connectivity index (χ2v) is 3.67. The topological polar surface area (TPSA) is 17.3 Å². The van der Waals surface area contributed by atoms with Gasteiger partial charge in [-0.1, -0.05) is 0 Å². The van der Waals surface area contributed by atoms with Crippen LogP contribution in [0.5, 0.6) is 0 Å². The highest BCUT2D eigenvalue weighted by atomic mass is 127. The Morgan fingerprint density at radius 3 is 3.09 bits per heavy atom. The van der Waals surface area contributed by atoms with Crippen LogP contribution in [0.1, 0.15) is 5.56 Å². The Bertz CT molecular complexity index is 392. The Morgan fingerprint density at radius 1 is 1.45 bits per heavy atom. The molecule has 11 heavy (non-hydrogen) atoms. The maximum atomic E-state index is 4.17. The summed E-state index contributed by atoms with van der Waals surface area (Å²) in [6.45, 7) is 2.08. The van der Waals surface area contributed by atoms with Crippen molar-refractivity contribution in [1.29, 1.82) is 0 Å². The SMILES string of the molecule is Cc1cc2cc(I)ncn2c1. The molecule has 3 heteroatoms. The molecule has 2 nitrogen and oxygen atoms in total. The molecule has 0 aliphatic carbocycles. The fourth-order valence-electron chi connectivity index (χ4n) is 1.13. The molecule has 0 spiro atoms. The van der Waals surface area contributed by atoms with Gasteiger partial charge < -0.3 is 4.40 Å². The first-order valence-electron chi connectivity index (χ1n) is 3.35. The van der Waals surface area contributed by atoms with Crippen LogP contribution >= 0.6 is 22.6 Å². The highest BCUT2D eigenvalue weighted by Gasteiger charge is 1.95. The Balaban J connectivity index is 2.82. The van der Waals surface area contributed by atoms with Gasteiger partial charge in [-0.2, -0.15) is 0 Å². The van der Waals surface area contributed by atoms with Crippen LogP contribution in [0.15, 0.2) is 24.7 Å². The summed E-state index contributed by atoms with van der Waals surface area (Å²) in [5.74, 6) is 0. The minimum Gasteiger partial charge on any atom is -0.307 e. The van der Waals surface area contributed by atoms with Crippen LogP contribution in [0.3, 0.4) is 0 Å². The van der Waals surface area contributed by atoms with Gasteiger partial charge in [-0.15, -0.1) is 0 Å². The predicted molar refractivity (Wildman–Crippen MR) is 52.6 cm³/mol. The smallest absolute Gasteiger partial charge is 0.105 e. The molecule has 0 saturated carbocycles. The van der Waals surface area contributed by atoms with E-state index < -0.39 is 0 Å². The molecule has 0 atom stereocenters. The third kappa shape index (κ3) is 1.24. The Hall–Kier alpha value is -0.580. The molecule has 0 bridgehead atoms. The summed E-state index contributed by atoms with van der Waals surface area (Å²) in [5, 5.41) is 0. The minimum absolute atomic E-state index is 1.04. The van der Waals surface area contributed by atoms with Crippen LogP contribution in [0.4, 0.5) is 0 Å². The lowest BCUT2D eigenvalue weighted by molar-refractivity contribution is 1.07. The van der Waals surface area contributed by atoms with Crippen molar-refractivity contribution in [2.75, 3.05) is 0 Å². The summed E-state index contributed by atoms with van der Waals surface area (Å²) in [6, 6.07) is 4.21. The van der Waals surface area contributed by atoms with Crippen LogP contribution in [0.2, 0.25) is 0 Å². The van der Waals surface area contributed by atoms with Crippen molar-refractivity contribution < 1.29 is 0 Å². The van der Waals surface area contributed by atoms with E-state index >= 15 is 0 Å². The van der Waals surface area contributed by atoms with Crippen molar-refractivity contribution in [2.24, 2.45) is 0 Å². The van der Waals surface area contributed by atoms with E-state index in [1.807, 2.05) is 10.7 Å². The summed E-state index contributed by atoms with van der Waals surface area (Å²) >= 11 is 2.21. The third-order valence-corrected chi connectivity index (χ3v) is 2.18. The molecule has 2 aromatic heterocycles. The lowest BCUT2D eigenvalue weighted by Crippen LogP contribution is -1.85.